The van der Waals surface area contributed by atoms with Crippen molar-refractivity contribution in [1.29, 1.82) is 0 Å². The van der Waals surface area contributed by atoms with Crippen LogP contribution in [0.5, 0.6) is 0 Å². The van der Waals surface area contributed by atoms with Gasteiger partial charge in [-0.15, -0.1) is 0 Å². The van der Waals surface area contributed by atoms with E-state index >= 15 is 0 Å². The van der Waals surface area contributed by atoms with Gasteiger partial charge in [0, 0.05) is 13.5 Å². The molecule has 0 saturated carbocycles. The first-order valence-electron chi connectivity index (χ1n) is 5.64. The molecule has 1 unspecified atom stereocenters. The van der Waals surface area contributed by atoms with Gasteiger partial charge < -0.3 is 9.64 Å². The van der Waals surface area contributed by atoms with Crippen molar-refractivity contribution in [1.82, 2.24) is 4.90 Å². The van der Waals surface area contributed by atoms with Crippen LogP contribution < -0.4 is 0 Å². The van der Waals surface area contributed by atoms with Crippen LogP contribution in [-0.4, -0.2) is 30.5 Å². The zero-order valence-corrected chi connectivity index (χ0v) is 9.56. The van der Waals surface area contributed by atoms with Gasteiger partial charge in [0.15, 0.2) is 0 Å². The second-order valence-corrected chi connectivity index (χ2v) is 4.20. The largest absolute Gasteiger partial charge is 0.375 e. The quantitative estimate of drug-likeness (QED) is 0.773. The van der Waals surface area contributed by atoms with Crippen LogP contribution in [0, 0.1) is 0 Å². The molecule has 0 radical (unpaired) electrons. The van der Waals surface area contributed by atoms with Gasteiger partial charge in [0.25, 0.3) is 0 Å². The van der Waals surface area contributed by atoms with Crippen LogP contribution in [0.15, 0.2) is 30.3 Å². The number of nitrogens with zero attached hydrogens (tertiary/aromatic N) is 1. The van der Waals surface area contributed by atoms with Crippen molar-refractivity contribution >= 4 is 5.91 Å². The Kier molecular flexibility index (Phi) is 3.57. The van der Waals surface area contributed by atoms with E-state index in [1.54, 1.807) is 4.90 Å². The first-order chi connectivity index (χ1) is 7.77. The Morgan fingerprint density at radius 2 is 2.12 bits per heavy atom. The molecule has 3 nitrogen and oxygen atoms in total. The predicted molar refractivity (Wildman–Crippen MR) is 61.9 cm³/mol. The lowest BCUT2D eigenvalue weighted by molar-refractivity contribution is -0.128. The SMILES string of the molecule is CN1C(=O)CCC1COCc1ccccc1. The second-order valence-electron chi connectivity index (χ2n) is 4.20. The van der Waals surface area contributed by atoms with Gasteiger partial charge >= 0.3 is 0 Å². The summed E-state index contributed by atoms with van der Waals surface area (Å²) in [6.07, 6.45) is 1.58. The van der Waals surface area contributed by atoms with Crippen molar-refractivity contribution in [2.45, 2.75) is 25.5 Å². The molecule has 1 heterocycles. The van der Waals surface area contributed by atoms with Crippen molar-refractivity contribution in [2.24, 2.45) is 0 Å². The summed E-state index contributed by atoms with van der Waals surface area (Å²) >= 11 is 0. The van der Waals surface area contributed by atoms with Crippen LogP contribution in [0.1, 0.15) is 18.4 Å². The third kappa shape index (κ3) is 2.61. The predicted octanol–water partition coefficient (Wildman–Crippen LogP) is 1.82. The van der Waals surface area contributed by atoms with Crippen LogP contribution in [0.3, 0.4) is 0 Å². The number of amides is 1. The minimum Gasteiger partial charge on any atom is -0.375 e. The molecule has 1 aromatic carbocycles. The van der Waals surface area contributed by atoms with Crippen LogP contribution in [0.2, 0.25) is 0 Å². The molecule has 0 spiro atoms. The highest BCUT2D eigenvalue weighted by Gasteiger charge is 2.27. The standard InChI is InChI=1S/C13H17NO2/c1-14-12(7-8-13(14)15)10-16-9-11-5-3-2-4-6-11/h2-6,12H,7-10H2,1H3. The summed E-state index contributed by atoms with van der Waals surface area (Å²) in [6.45, 7) is 1.26. The first-order valence-corrected chi connectivity index (χ1v) is 5.64. The lowest BCUT2D eigenvalue weighted by atomic mass is 10.2. The van der Waals surface area contributed by atoms with Crippen molar-refractivity contribution in [3.63, 3.8) is 0 Å². The van der Waals surface area contributed by atoms with Gasteiger partial charge in [-0.2, -0.15) is 0 Å². The molecule has 0 bridgehead atoms. The van der Waals surface area contributed by atoms with Gasteiger partial charge in [-0.3, -0.25) is 4.79 Å². The minimum absolute atomic E-state index is 0.230. The Morgan fingerprint density at radius 1 is 1.38 bits per heavy atom. The van der Waals surface area contributed by atoms with Crippen LogP contribution in [-0.2, 0) is 16.1 Å². The fourth-order valence-corrected chi connectivity index (χ4v) is 1.95. The van der Waals surface area contributed by atoms with Crippen molar-refractivity contribution in [3.05, 3.63) is 35.9 Å². The Hall–Kier alpha value is -1.35. The number of benzene rings is 1. The average Bonchev–Trinajstić information content (AvgIpc) is 2.62. The molecule has 2 rings (SSSR count). The van der Waals surface area contributed by atoms with Gasteiger partial charge in [0.05, 0.1) is 19.3 Å². The Balaban J connectivity index is 1.75. The van der Waals surface area contributed by atoms with Crippen LogP contribution in [0.4, 0.5) is 0 Å². The molecule has 16 heavy (non-hydrogen) atoms. The molecule has 1 atom stereocenters. The molecule has 1 saturated heterocycles. The smallest absolute Gasteiger partial charge is 0.222 e. The lowest BCUT2D eigenvalue weighted by Crippen LogP contribution is -2.32. The number of likely N-dealkylation sites (N-methyl/N-ethyl adjacent to an activating group) is 1. The summed E-state index contributed by atoms with van der Waals surface area (Å²) in [5.74, 6) is 0.230. The maximum atomic E-state index is 11.3. The van der Waals surface area contributed by atoms with Gasteiger partial charge in [-0.25, -0.2) is 0 Å². The number of hydrogen-bond acceptors (Lipinski definition) is 2. The van der Waals surface area contributed by atoms with E-state index in [1.807, 2.05) is 37.4 Å². The first kappa shape index (κ1) is 11.1. The molecule has 86 valence electrons. The third-order valence-electron chi connectivity index (χ3n) is 3.05. The molecule has 0 aliphatic carbocycles. The molecule has 1 aliphatic heterocycles. The van der Waals surface area contributed by atoms with E-state index in [-0.39, 0.29) is 11.9 Å². The highest BCUT2D eigenvalue weighted by molar-refractivity contribution is 5.78. The number of carbonyl (C=O) groups is 1. The van der Waals surface area contributed by atoms with E-state index < -0.39 is 0 Å². The van der Waals surface area contributed by atoms with Gasteiger partial charge in [-0.1, -0.05) is 30.3 Å². The van der Waals surface area contributed by atoms with E-state index in [4.69, 9.17) is 4.74 Å². The molecular formula is C13H17NO2. The molecular weight excluding hydrogens is 202 g/mol. The highest BCUT2D eigenvalue weighted by Crippen LogP contribution is 2.16. The van der Waals surface area contributed by atoms with Gasteiger partial charge in [0.2, 0.25) is 5.91 Å². The molecule has 3 heteroatoms. The maximum absolute atomic E-state index is 11.3. The summed E-state index contributed by atoms with van der Waals surface area (Å²) < 4.78 is 5.63. The Morgan fingerprint density at radius 3 is 2.75 bits per heavy atom. The molecule has 0 aromatic heterocycles. The fourth-order valence-electron chi connectivity index (χ4n) is 1.95. The normalized spacial score (nSPS) is 20.4. The van der Waals surface area contributed by atoms with Gasteiger partial charge in [-0.05, 0) is 12.0 Å². The zero-order valence-electron chi connectivity index (χ0n) is 9.56. The number of ether oxygens (including phenoxy) is 1. The molecule has 1 amide bonds. The van der Waals surface area contributed by atoms with E-state index in [9.17, 15) is 4.79 Å². The van der Waals surface area contributed by atoms with Crippen molar-refractivity contribution < 1.29 is 9.53 Å². The molecule has 1 aromatic rings. The van der Waals surface area contributed by atoms with E-state index in [0.717, 1.165) is 6.42 Å². The Bertz CT molecular complexity index is 350. The zero-order chi connectivity index (χ0) is 11.4. The number of hydrogen-bond donors (Lipinski definition) is 0. The molecule has 0 N–H and O–H groups in total. The average molecular weight is 219 g/mol. The second kappa shape index (κ2) is 5.12. The van der Waals surface area contributed by atoms with Crippen LogP contribution >= 0.6 is 0 Å². The summed E-state index contributed by atoms with van der Waals surface area (Å²) in [5, 5.41) is 0. The number of rotatable bonds is 4. The molecule has 1 aliphatic rings. The Labute approximate surface area is 96.0 Å². The van der Waals surface area contributed by atoms with Crippen molar-refractivity contribution in [2.75, 3.05) is 13.7 Å². The topological polar surface area (TPSA) is 29.5 Å². The van der Waals surface area contributed by atoms with E-state index in [1.165, 1.54) is 5.56 Å². The highest BCUT2D eigenvalue weighted by atomic mass is 16.5. The summed E-state index contributed by atoms with van der Waals surface area (Å²) in [7, 11) is 1.85. The van der Waals surface area contributed by atoms with Gasteiger partial charge in [0.1, 0.15) is 0 Å². The lowest BCUT2D eigenvalue weighted by Gasteiger charge is -2.19. The number of carbonyl (C=O) groups excluding carboxylic acids is 1. The van der Waals surface area contributed by atoms with E-state index in [2.05, 4.69) is 0 Å². The maximum Gasteiger partial charge on any atom is 0.222 e. The fraction of sp³-hybridized carbons (Fsp3) is 0.462. The van der Waals surface area contributed by atoms with E-state index in [0.29, 0.717) is 19.6 Å². The summed E-state index contributed by atoms with van der Waals surface area (Å²) in [6, 6.07) is 10.4. The number of likely N-dealkylation sites (tertiary alicyclic amines) is 1. The van der Waals surface area contributed by atoms with Crippen molar-refractivity contribution in [3.8, 4) is 0 Å². The summed E-state index contributed by atoms with van der Waals surface area (Å²) in [5.41, 5.74) is 1.18. The third-order valence-corrected chi connectivity index (χ3v) is 3.05. The summed E-state index contributed by atoms with van der Waals surface area (Å²) in [4.78, 5) is 13.1. The molecule has 1 fully saturated rings. The minimum atomic E-state index is 0.230. The monoisotopic (exact) mass is 219 g/mol. The van der Waals surface area contributed by atoms with Crippen LogP contribution in [0.25, 0.3) is 0 Å².